The second-order valence-corrected chi connectivity index (χ2v) is 4.37. The fourth-order valence-corrected chi connectivity index (χ4v) is 1.67. The molecule has 0 heterocycles. The lowest BCUT2D eigenvalue weighted by Gasteiger charge is -2.10. The predicted molar refractivity (Wildman–Crippen MR) is 74.0 cm³/mol. The van der Waals surface area contributed by atoms with Crippen LogP contribution in [0.3, 0.4) is 0 Å². The molecule has 18 heavy (non-hydrogen) atoms. The molecule has 2 aromatic rings. The summed E-state index contributed by atoms with van der Waals surface area (Å²) in [7, 11) is 3.49. The second-order valence-electron chi connectivity index (χ2n) is 4.37. The summed E-state index contributed by atoms with van der Waals surface area (Å²) in [6, 6.07) is 18.2. The summed E-state index contributed by atoms with van der Waals surface area (Å²) in [5.41, 5.74) is 3.27. The van der Waals surface area contributed by atoms with Crippen LogP contribution in [-0.2, 0) is 4.79 Å². The number of amides is 1. The van der Waals surface area contributed by atoms with Gasteiger partial charge in [0.2, 0.25) is 5.91 Å². The standard InChI is InChI=1S/C16H16NO/c1-17(2)16(18)12-13-8-10-15(11-9-13)14-6-4-3-5-7-14/h3-12H,1-2H3. The first-order valence-electron chi connectivity index (χ1n) is 5.88. The molecule has 2 nitrogen and oxygen atoms in total. The molecule has 0 aliphatic carbocycles. The van der Waals surface area contributed by atoms with E-state index in [9.17, 15) is 4.79 Å². The molecule has 0 aliphatic rings. The number of likely N-dealkylation sites (N-methyl/N-ethyl adjacent to an activating group) is 1. The smallest absolute Gasteiger partial charge is 0.230 e. The first-order chi connectivity index (χ1) is 8.66. The number of hydrogen-bond acceptors (Lipinski definition) is 1. The predicted octanol–water partition coefficient (Wildman–Crippen LogP) is 2.99. The Morgan fingerprint density at radius 2 is 1.44 bits per heavy atom. The Morgan fingerprint density at radius 3 is 2.00 bits per heavy atom. The lowest BCUT2D eigenvalue weighted by Crippen LogP contribution is -2.21. The maximum absolute atomic E-state index is 11.5. The van der Waals surface area contributed by atoms with Gasteiger partial charge in [-0.15, -0.1) is 0 Å². The van der Waals surface area contributed by atoms with Crippen molar-refractivity contribution in [2.45, 2.75) is 0 Å². The topological polar surface area (TPSA) is 20.3 Å². The number of hydrogen-bond donors (Lipinski definition) is 0. The van der Waals surface area contributed by atoms with Crippen LogP contribution in [0.25, 0.3) is 11.1 Å². The zero-order valence-electron chi connectivity index (χ0n) is 10.6. The maximum Gasteiger partial charge on any atom is 0.230 e. The van der Waals surface area contributed by atoms with Gasteiger partial charge in [0.25, 0.3) is 0 Å². The van der Waals surface area contributed by atoms with Crippen LogP contribution < -0.4 is 0 Å². The van der Waals surface area contributed by atoms with Gasteiger partial charge in [0.05, 0.1) is 6.42 Å². The summed E-state index contributed by atoms with van der Waals surface area (Å²) >= 11 is 0. The first kappa shape index (κ1) is 12.4. The van der Waals surface area contributed by atoms with Crippen LogP contribution in [0.15, 0.2) is 54.6 Å². The zero-order valence-corrected chi connectivity index (χ0v) is 10.6. The Balaban J connectivity index is 2.13. The van der Waals surface area contributed by atoms with Gasteiger partial charge in [-0.1, -0.05) is 54.6 Å². The van der Waals surface area contributed by atoms with Gasteiger partial charge in [-0.3, -0.25) is 4.79 Å². The van der Waals surface area contributed by atoms with Crippen LogP contribution in [0.4, 0.5) is 0 Å². The summed E-state index contributed by atoms with van der Waals surface area (Å²) in [4.78, 5) is 13.1. The van der Waals surface area contributed by atoms with Crippen LogP contribution in [0.1, 0.15) is 5.56 Å². The molecule has 0 unspecified atom stereocenters. The number of carbonyl (C=O) groups excluding carboxylic acids is 1. The van der Waals surface area contributed by atoms with Crippen molar-refractivity contribution in [3.63, 3.8) is 0 Å². The van der Waals surface area contributed by atoms with Crippen molar-refractivity contribution >= 4 is 5.91 Å². The molecule has 91 valence electrons. The van der Waals surface area contributed by atoms with E-state index < -0.39 is 0 Å². The lowest BCUT2D eigenvalue weighted by atomic mass is 10.0. The summed E-state index contributed by atoms with van der Waals surface area (Å²) in [6.07, 6.45) is 1.63. The van der Waals surface area contributed by atoms with Crippen molar-refractivity contribution in [1.29, 1.82) is 0 Å². The van der Waals surface area contributed by atoms with Gasteiger partial charge in [0.15, 0.2) is 0 Å². The van der Waals surface area contributed by atoms with Gasteiger partial charge in [-0.05, 0) is 16.7 Å². The Labute approximate surface area is 108 Å². The Hall–Kier alpha value is -2.09. The van der Waals surface area contributed by atoms with Crippen molar-refractivity contribution < 1.29 is 4.79 Å². The van der Waals surface area contributed by atoms with Gasteiger partial charge in [-0.25, -0.2) is 0 Å². The molecule has 0 bridgehead atoms. The molecule has 0 aromatic heterocycles. The fourth-order valence-electron chi connectivity index (χ4n) is 1.67. The molecule has 0 aliphatic heterocycles. The number of nitrogens with zero attached hydrogens (tertiary/aromatic N) is 1. The van der Waals surface area contributed by atoms with Crippen LogP contribution in [-0.4, -0.2) is 24.9 Å². The highest BCUT2D eigenvalue weighted by molar-refractivity contribution is 5.88. The van der Waals surface area contributed by atoms with Gasteiger partial charge < -0.3 is 4.90 Å². The number of benzene rings is 2. The quantitative estimate of drug-likeness (QED) is 0.805. The Kier molecular flexibility index (Phi) is 3.78. The largest absolute Gasteiger partial charge is 0.348 e. The van der Waals surface area contributed by atoms with Crippen molar-refractivity contribution in [2.24, 2.45) is 0 Å². The number of carbonyl (C=O) groups is 1. The highest BCUT2D eigenvalue weighted by Gasteiger charge is 2.06. The molecule has 0 fully saturated rings. The Bertz CT molecular complexity index is 515. The number of rotatable bonds is 3. The van der Waals surface area contributed by atoms with Crippen molar-refractivity contribution in [1.82, 2.24) is 4.90 Å². The average Bonchev–Trinajstić information content (AvgIpc) is 2.40. The van der Waals surface area contributed by atoms with Gasteiger partial charge in [-0.2, -0.15) is 0 Å². The van der Waals surface area contributed by atoms with E-state index in [1.54, 1.807) is 25.4 Å². The van der Waals surface area contributed by atoms with Crippen molar-refractivity contribution in [3.05, 3.63) is 66.6 Å². The summed E-state index contributed by atoms with van der Waals surface area (Å²) < 4.78 is 0. The molecule has 0 N–H and O–H groups in total. The average molecular weight is 238 g/mol. The van der Waals surface area contributed by atoms with Gasteiger partial charge in [0.1, 0.15) is 0 Å². The lowest BCUT2D eigenvalue weighted by molar-refractivity contribution is -0.124. The van der Waals surface area contributed by atoms with E-state index in [2.05, 4.69) is 12.1 Å². The minimum Gasteiger partial charge on any atom is -0.348 e. The van der Waals surface area contributed by atoms with E-state index in [1.165, 1.54) is 5.56 Å². The van der Waals surface area contributed by atoms with Crippen LogP contribution >= 0.6 is 0 Å². The highest BCUT2D eigenvalue weighted by atomic mass is 16.2. The molecule has 1 amide bonds. The normalized spacial score (nSPS) is 10.1. The molecular formula is C16H16NO. The molecule has 2 rings (SSSR count). The van der Waals surface area contributed by atoms with Crippen molar-refractivity contribution in [3.8, 4) is 11.1 Å². The maximum atomic E-state index is 11.5. The monoisotopic (exact) mass is 238 g/mol. The third-order valence-corrected chi connectivity index (χ3v) is 2.75. The second kappa shape index (κ2) is 5.50. The minimum atomic E-state index is 0.00228. The van der Waals surface area contributed by atoms with Gasteiger partial charge in [0, 0.05) is 14.1 Å². The highest BCUT2D eigenvalue weighted by Crippen LogP contribution is 2.19. The molecule has 0 saturated carbocycles. The van der Waals surface area contributed by atoms with E-state index in [4.69, 9.17) is 0 Å². The SMILES string of the molecule is CN(C)C(=O)[CH]c1ccc(-c2ccccc2)cc1. The molecule has 2 heteroatoms. The molecular weight excluding hydrogens is 222 g/mol. The molecule has 1 radical (unpaired) electrons. The van der Waals surface area contributed by atoms with E-state index in [-0.39, 0.29) is 5.91 Å². The third kappa shape index (κ3) is 2.98. The summed E-state index contributed by atoms with van der Waals surface area (Å²) in [5, 5.41) is 0. The van der Waals surface area contributed by atoms with Crippen LogP contribution in [0.2, 0.25) is 0 Å². The molecule has 0 saturated heterocycles. The third-order valence-electron chi connectivity index (χ3n) is 2.75. The van der Waals surface area contributed by atoms with Crippen LogP contribution in [0, 0.1) is 6.42 Å². The van der Waals surface area contributed by atoms with Gasteiger partial charge >= 0.3 is 0 Å². The zero-order chi connectivity index (χ0) is 13.0. The minimum absolute atomic E-state index is 0.00228. The first-order valence-corrected chi connectivity index (χ1v) is 5.88. The van der Waals surface area contributed by atoms with Crippen molar-refractivity contribution in [2.75, 3.05) is 14.1 Å². The molecule has 0 spiro atoms. The Morgan fingerprint density at radius 1 is 0.889 bits per heavy atom. The summed E-state index contributed by atoms with van der Waals surface area (Å²) in [6.45, 7) is 0. The summed E-state index contributed by atoms with van der Waals surface area (Å²) in [5.74, 6) is 0.00228. The molecule has 2 aromatic carbocycles. The van der Waals surface area contributed by atoms with E-state index in [1.807, 2.05) is 42.5 Å². The van der Waals surface area contributed by atoms with E-state index in [0.717, 1.165) is 11.1 Å². The van der Waals surface area contributed by atoms with E-state index in [0.29, 0.717) is 0 Å². The fraction of sp³-hybridized carbons (Fsp3) is 0.125. The van der Waals surface area contributed by atoms with E-state index >= 15 is 0 Å². The van der Waals surface area contributed by atoms with Crippen LogP contribution in [0.5, 0.6) is 0 Å². The molecule has 0 atom stereocenters.